The van der Waals surface area contributed by atoms with Gasteiger partial charge in [-0.05, 0) is 37.3 Å². The fourth-order valence-electron chi connectivity index (χ4n) is 3.37. The summed E-state index contributed by atoms with van der Waals surface area (Å²) >= 11 is 6.14. The van der Waals surface area contributed by atoms with Crippen LogP contribution < -0.4 is 11.1 Å². The summed E-state index contributed by atoms with van der Waals surface area (Å²) in [7, 11) is 0. The molecule has 1 aliphatic heterocycles. The minimum Gasteiger partial charge on any atom is -0.455 e. The molecule has 0 bridgehead atoms. The Labute approximate surface area is 164 Å². The number of rotatable bonds is 7. The van der Waals surface area contributed by atoms with E-state index in [0.29, 0.717) is 17.1 Å². The van der Waals surface area contributed by atoms with Crippen LogP contribution in [-0.4, -0.2) is 42.0 Å². The summed E-state index contributed by atoms with van der Waals surface area (Å²) in [5, 5.41) is 2.90. The van der Waals surface area contributed by atoms with Gasteiger partial charge in [-0.1, -0.05) is 36.7 Å². The highest BCUT2D eigenvalue weighted by Gasteiger charge is 2.27. The molecule has 148 valence electrons. The van der Waals surface area contributed by atoms with Crippen molar-refractivity contribution in [2.24, 2.45) is 5.73 Å². The first-order valence-corrected chi connectivity index (χ1v) is 9.55. The lowest BCUT2D eigenvalue weighted by molar-refractivity contribution is -0.154. The van der Waals surface area contributed by atoms with Gasteiger partial charge in [-0.3, -0.25) is 9.59 Å². The smallest absolute Gasteiger partial charge is 0.312 e. The molecule has 8 heteroatoms. The number of ether oxygens (including phenoxy) is 1. The van der Waals surface area contributed by atoms with Crippen LogP contribution in [0.25, 0.3) is 0 Å². The number of benzene rings is 1. The minimum atomic E-state index is -0.775. The molecule has 1 fully saturated rings. The van der Waals surface area contributed by atoms with Gasteiger partial charge >= 0.3 is 12.0 Å². The molecule has 0 radical (unpaired) electrons. The van der Waals surface area contributed by atoms with Crippen LogP contribution in [0, 0.1) is 0 Å². The lowest BCUT2D eigenvalue weighted by atomic mass is 10.00. The Balaban J connectivity index is 1.94. The molecule has 0 saturated carbocycles. The van der Waals surface area contributed by atoms with Gasteiger partial charge in [0, 0.05) is 17.6 Å². The third-order valence-electron chi connectivity index (χ3n) is 4.74. The summed E-state index contributed by atoms with van der Waals surface area (Å²) in [5.74, 6) is -0.792. The monoisotopic (exact) mass is 395 g/mol. The van der Waals surface area contributed by atoms with Crippen LogP contribution in [0.2, 0.25) is 5.02 Å². The van der Waals surface area contributed by atoms with E-state index in [1.807, 2.05) is 6.92 Å². The van der Waals surface area contributed by atoms with Crippen molar-refractivity contribution >= 4 is 29.5 Å². The highest BCUT2D eigenvalue weighted by Crippen LogP contribution is 2.25. The maximum Gasteiger partial charge on any atom is 0.312 e. The molecule has 1 heterocycles. The summed E-state index contributed by atoms with van der Waals surface area (Å²) < 4.78 is 5.16. The molecule has 3 amide bonds. The molecule has 0 spiro atoms. The number of urea groups is 1. The third-order valence-corrected chi connectivity index (χ3v) is 5.09. The standard InChI is InChI=1S/C19H26ClN3O4/c1-2-13-7-5-6-10-23(13)17(24)12-27-18(25)11-16(22-19(21)26)14-8-3-4-9-15(14)20/h3-4,8-9,13,16H,2,5-7,10-12H2,1H3,(H3,21,22,26). The molecule has 0 aromatic heterocycles. The number of esters is 1. The predicted octanol–water partition coefficient (Wildman–Crippen LogP) is 2.77. The normalized spacial score (nSPS) is 17.9. The lowest BCUT2D eigenvalue weighted by Crippen LogP contribution is -2.45. The SMILES string of the molecule is CCC1CCCCN1C(=O)COC(=O)CC(NC(N)=O)c1ccccc1Cl. The Morgan fingerprint density at radius 3 is 2.74 bits per heavy atom. The van der Waals surface area contributed by atoms with Gasteiger partial charge in [0.2, 0.25) is 0 Å². The van der Waals surface area contributed by atoms with Gasteiger partial charge in [0.25, 0.3) is 5.91 Å². The van der Waals surface area contributed by atoms with E-state index in [9.17, 15) is 14.4 Å². The van der Waals surface area contributed by atoms with E-state index in [4.69, 9.17) is 22.1 Å². The number of carbonyl (C=O) groups is 3. The zero-order valence-corrected chi connectivity index (χ0v) is 16.2. The van der Waals surface area contributed by atoms with Crippen molar-refractivity contribution in [1.29, 1.82) is 0 Å². The number of carbonyl (C=O) groups excluding carboxylic acids is 3. The number of amides is 3. The Hall–Kier alpha value is -2.28. The van der Waals surface area contributed by atoms with Crippen LogP contribution in [0.15, 0.2) is 24.3 Å². The van der Waals surface area contributed by atoms with Crippen molar-refractivity contribution in [2.75, 3.05) is 13.2 Å². The van der Waals surface area contributed by atoms with Crippen LogP contribution in [0.3, 0.4) is 0 Å². The molecule has 1 aromatic rings. The summed E-state index contributed by atoms with van der Waals surface area (Å²) in [4.78, 5) is 37.7. The molecular formula is C19H26ClN3O4. The maximum absolute atomic E-state index is 12.4. The number of halogens is 1. The molecule has 2 atom stereocenters. The molecule has 2 unspecified atom stereocenters. The van der Waals surface area contributed by atoms with Gasteiger partial charge in [0.05, 0.1) is 12.5 Å². The van der Waals surface area contributed by atoms with Crippen molar-refractivity contribution in [3.05, 3.63) is 34.9 Å². The van der Waals surface area contributed by atoms with Crippen molar-refractivity contribution in [3.63, 3.8) is 0 Å². The van der Waals surface area contributed by atoms with Gasteiger partial charge in [0.1, 0.15) is 0 Å². The van der Waals surface area contributed by atoms with Gasteiger partial charge in [-0.15, -0.1) is 0 Å². The Morgan fingerprint density at radius 1 is 1.33 bits per heavy atom. The van der Waals surface area contributed by atoms with Gasteiger partial charge < -0.3 is 20.7 Å². The number of nitrogens with zero attached hydrogens (tertiary/aromatic N) is 1. The van der Waals surface area contributed by atoms with Gasteiger partial charge in [0.15, 0.2) is 6.61 Å². The number of nitrogens with one attached hydrogen (secondary N) is 1. The Morgan fingerprint density at radius 2 is 2.07 bits per heavy atom. The zero-order valence-electron chi connectivity index (χ0n) is 15.4. The Kier molecular flexibility index (Phi) is 7.91. The van der Waals surface area contributed by atoms with Crippen molar-refractivity contribution in [2.45, 2.75) is 51.1 Å². The average molecular weight is 396 g/mol. The van der Waals surface area contributed by atoms with E-state index in [0.717, 1.165) is 25.7 Å². The first-order chi connectivity index (χ1) is 12.9. The van der Waals surface area contributed by atoms with Crippen LogP contribution >= 0.6 is 11.6 Å². The Bertz CT molecular complexity index is 683. The van der Waals surface area contributed by atoms with Crippen LogP contribution in [0.1, 0.15) is 50.6 Å². The topological polar surface area (TPSA) is 102 Å². The number of piperidine rings is 1. The van der Waals surface area contributed by atoms with Gasteiger partial charge in [-0.2, -0.15) is 0 Å². The summed E-state index contributed by atoms with van der Waals surface area (Å²) in [6.45, 7) is 2.44. The quantitative estimate of drug-likeness (QED) is 0.693. The number of hydrogen-bond acceptors (Lipinski definition) is 4. The largest absolute Gasteiger partial charge is 0.455 e. The van der Waals surface area contributed by atoms with Crippen LogP contribution in [-0.2, 0) is 14.3 Å². The number of nitrogens with two attached hydrogens (primary N) is 1. The maximum atomic E-state index is 12.4. The van der Waals surface area contributed by atoms with E-state index in [1.54, 1.807) is 29.2 Å². The molecular weight excluding hydrogens is 370 g/mol. The molecule has 0 aliphatic carbocycles. The molecule has 3 N–H and O–H groups in total. The third kappa shape index (κ3) is 6.13. The van der Waals surface area contributed by atoms with Crippen LogP contribution in [0.4, 0.5) is 4.79 Å². The number of likely N-dealkylation sites (tertiary alicyclic amines) is 1. The van der Waals surface area contributed by atoms with E-state index in [2.05, 4.69) is 5.32 Å². The second kappa shape index (κ2) is 10.2. The average Bonchev–Trinajstić information content (AvgIpc) is 2.65. The summed E-state index contributed by atoms with van der Waals surface area (Å²) in [6, 6.07) is 5.54. The zero-order chi connectivity index (χ0) is 19.8. The van der Waals surface area contributed by atoms with E-state index < -0.39 is 18.0 Å². The fraction of sp³-hybridized carbons (Fsp3) is 0.526. The second-order valence-corrected chi connectivity index (χ2v) is 7.00. The van der Waals surface area contributed by atoms with Crippen molar-refractivity contribution in [3.8, 4) is 0 Å². The number of primary amides is 1. The first kappa shape index (κ1) is 21.0. The molecule has 1 aliphatic rings. The summed E-state index contributed by atoms with van der Waals surface area (Å²) in [6.07, 6.45) is 3.77. The van der Waals surface area contributed by atoms with Crippen molar-refractivity contribution in [1.82, 2.24) is 10.2 Å². The fourth-order valence-corrected chi connectivity index (χ4v) is 3.64. The van der Waals surface area contributed by atoms with Crippen LogP contribution in [0.5, 0.6) is 0 Å². The number of hydrogen-bond donors (Lipinski definition) is 2. The lowest BCUT2D eigenvalue weighted by Gasteiger charge is -2.35. The molecule has 7 nitrogen and oxygen atoms in total. The molecule has 27 heavy (non-hydrogen) atoms. The highest BCUT2D eigenvalue weighted by molar-refractivity contribution is 6.31. The second-order valence-electron chi connectivity index (χ2n) is 6.59. The minimum absolute atomic E-state index is 0.169. The molecule has 2 rings (SSSR count). The van der Waals surface area contributed by atoms with Crippen molar-refractivity contribution < 1.29 is 19.1 Å². The van der Waals surface area contributed by atoms with E-state index >= 15 is 0 Å². The molecule has 1 aromatic carbocycles. The first-order valence-electron chi connectivity index (χ1n) is 9.17. The van der Waals surface area contributed by atoms with Gasteiger partial charge in [-0.25, -0.2) is 4.79 Å². The molecule has 1 saturated heterocycles. The van der Waals surface area contributed by atoms with E-state index in [1.165, 1.54) is 0 Å². The summed E-state index contributed by atoms with van der Waals surface area (Å²) in [5.41, 5.74) is 5.76. The van der Waals surface area contributed by atoms with E-state index in [-0.39, 0.29) is 25.0 Å². The highest BCUT2D eigenvalue weighted by atomic mass is 35.5. The predicted molar refractivity (Wildman–Crippen MR) is 102 cm³/mol.